The van der Waals surface area contributed by atoms with Crippen LogP contribution < -0.4 is 9.47 Å². The zero-order valence-electron chi connectivity index (χ0n) is 10.6. The Labute approximate surface area is 98.0 Å². The van der Waals surface area contributed by atoms with Crippen molar-refractivity contribution in [2.45, 2.75) is 20.4 Å². The average molecular weight is 223 g/mol. The fraction of sp³-hybridized carbons (Fsp3) is 0.538. The van der Waals surface area contributed by atoms with Gasteiger partial charge in [0.05, 0.1) is 13.7 Å². The van der Waals surface area contributed by atoms with Gasteiger partial charge in [-0.3, -0.25) is 0 Å². The molecule has 1 aromatic carbocycles. The van der Waals surface area contributed by atoms with Crippen molar-refractivity contribution in [1.82, 2.24) is 4.90 Å². The summed E-state index contributed by atoms with van der Waals surface area (Å²) in [6, 6.07) is 6.10. The Morgan fingerprint density at radius 1 is 1.19 bits per heavy atom. The van der Waals surface area contributed by atoms with Crippen molar-refractivity contribution in [3.05, 3.63) is 23.8 Å². The lowest BCUT2D eigenvalue weighted by atomic mass is 10.2. The molecule has 0 N–H and O–H groups in total. The summed E-state index contributed by atoms with van der Waals surface area (Å²) < 4.78 is 10.8. The minimum absolute atomic E-state index is 0.657. The first kappa shape index (κ1) is 12.8. The molecule has 90 valence electrons. The van der Waals surface area contributed by atoms with Gasteiger partial charge in [-0.25, -0.2) is 0 Å². The van der Waals surface area contributed by atoms with Gasteiger partial charge in [-0.15, -0.1) is 0 Å². The molecular formula is C13H21NO2. The van der Waals surface area contributed by atoms with Crippen molar-refractivity contribution >= 4 is 0 Å². The Bertz CT molecular complexity index is 326. The van der Waals surface area contributed by atoms with Gasteiger partial charge in [0.2, 0.25) is 0 Å². The number of benzene rings is 1. The third-order valence-electron chi connectivity index (χ3n) is 2.52. The number of hydrogen-bond acceptors (Lipinski definition) is 3. The SMILES string of the molecule is CCOc1ccc(CN(C)CC)cc1OC. The van der Waals surface area contributed by atoms with Crippen LogP contribution in [0.5, 0.6) is 11.5 Å². The molecule has 0 aliphatic carbocycles. The average Bonchev–Trinajstić information content (AvgIpc) is 2.31. The van der Waals surface area contributed by atoms with E-state index in [0.29, 0.717) is 6.61 Å². The van der Waals surface area contributed by atoms with Gasteiger partial charge in [0.25, 0.3) is 0 Å². The van der Waals surface area contributed by atoms with Crippen molar-refractivity contribution in [3.8, 4) is 11.5 Å². The van der Waals surface area contributed by atoms with Crippen molar-refractivity contribution in [2.75, 3.05) is 27.3 Å². The largest absolute Gasteiger partial charge is 0.493 e. The molecule has 0 aliphatic rings. The van der Waals surface area contributed by atoms with E-state index in [-0.39, 0.29) is 0 Å². The maximum Gasteiger partial charge on any atom is 0.161 e. The third-order valence-corrected chi connectivity index (χ3v) is 2.52. The molecule has 0 fully saturated rings. The standard InChI is InChI=1S/C13H21NO2/c1-5-14(3)10-11-7-8-12(16-6-2)13(9-11)15-4/h7-9H,5-6,10H2,1-4H3. The Hall–Kier alpha value is -1.22. The van der Waals surface area contributed by atoms with E-state index in [4.69, 9.17) is 9.47 Å². The molecule has 0 saturated carbocycles. The molecule has 0 heterocycles. The number of hydrogen-bond donors (Lipinski definition) is 0. The van der Waals surface area contributed by atoms with Gasteiger partial charge in [-0.05, 0) is 38.2 Å². The predicted octanol–water partition coefficient (Wildman–Crippen LogP) is 2.55. The van der Waals surface area contributed by atoms with Gasteiger partial charge in [0.1, 0.15) is 0 Å². The first-order valence-electron chi connectivity index (χ1n) is 5.69. The lowest BCUT2D eigenvalue weighted by Crippen LogP contribution is -2.16. The summed E-state index contributed by atoms with van der Waals surface area (Å²) >= 11 is 0. The molecule has 0 unspecified atom stereocenters. The summed E-state index contributed by atoms with van der Waals surface area (Å²) in [7, 11) is 3.77. The van der Waals surface area contributed by atoms with Crippen molar-refractivity contribution in [3.63, 3.8) is 0 Å². The number of rotatable bonds is 6. The van der Waals surface area contributed by atoms with Crippen LogP contribution in [0.15, 0.2) is 18.2 Å². The predicted molar refractivity (Wildman–Crippen MR) is 66.2 cm³/mol. The maximum atomic E-state index is 5.48. The highest BCUT2D eigenvalue weighted by Gasteiger charge is 2.06. The van der Waals surface area contributed by atoms with Crippen LogP contribution >= 0.6 is 0 Å². The topological polar surface area (TPSA) is 21.7 Å². The van der Waals surface area contributed by atoms with Gasteiger partial charge >= 0.3 is 0 Å². The van der Waals surface area contributed by atoms with Crippen LogP contribution in [0.25, 0.3) is 0 Å². The Kier molecular flexibility index (Phi) is 5.12. The van der Waals surface area contributed by atoms with Gasteiger partial charge < -0.3 is 14.4 Å². The van der Waals surface area contributed by atoms with Gasteiger partial charge in [-0.2, -0.15) is 0 Å². The summed E-state index contributed by atoms with van der Waals surface area (Å²) in [6.45, 7) is 6.74. The van der Waals surface area contributed by atoms with Gasteiger partial charge in [0, 0.05) is 6.54 Å². The minimum atomic E-state index is 0.657. The van der Waals surface area contributed by atoms with Crippen molar-refractivity contribution in [1.29, 1.82) is 0 Å². The van der Waals surface area contributed by atoms with E-state index in [1.165, 1.54) is 5.56 Å². The molecule has 3 heteroatoms. The van der Waals surface area contributed by atoms with E-state index in [0.717, 1.165) is 24.6 Å². The number of ether oxygens (including phenoxy) is 2. The van der Waals surface area contributed by atoms with E-state index in [2.05, 4.69) is 24.9 Å². The van der Waals surface area contributed by atoms with Crippen LogP contribution in [0.1, 0.15) is 19.4 Å². The normalized spacial score (nSPS) is 10.6. The van der Waals surface area contributed by atoms with E-state index in [1.807, 2.05) is 19.1 Å². The first-order chi connectivity index (χ1) is 7.71. The van der Waals surface area contributed by atoms with Crippen molar-refractivity contribution in [2.24, 2.45) is 0 Å². The number of nitrogens with zero attached hydrogens (tertiary/aromatic N) is 1. The molecule has 16 heavy (non-hydrogen) atoms. The van der Waals surface area contributed by atoms with Gasteiger partial charge in [-0.1, -0.05) is 13.0 Å². The minimum Gasteiger partial charge on any atom is -0.493 e. The third kappa shape index (κ3) is 3.42. The highest BCUT2D eigenvalue weighted by atomic mass is 16.5. The zero-order valence-corrected chi connectivity index (χ0v) is 10.6. The molecule has 0 spiro atoms. The molecule has 0 amide bonds. The fourth-order valence-electron chi connectivity index (χ4n) is 1.51. The quantitative estimate of drug-likeness (QED) is 0.739. The molecule has 1 aromatic rings. The highest BCUT2D eigenvalue weighted by molar-refractivity contribution is 5.42. The van der Waals surface area contributed by atoms with Crippen LogP contribution in [-0.4, -0.2) is 32.2 Å². The second kappa shape index (κ2) is 6.38. The molecular weight excluding hydrogens is 202 g/mol. The monoisotopic (exact) mass is 223 g/mol. The molecule has 0 bridgehead atoms. The van der Waals surface area contributed by atoms with E-state index < -0.39 is 0 Å². The molecule has 0 saturated heterocycles. The van der Waals surface area contributed by atoms with Crippen LogP contribution in [0, 0.1) is 0 Å². The Morgan fingerprint density at radius 3 is 2.50 bits per heavy atom. The summed E-state index contributed by atoms with van der Waals surface area (Å²) in [4.78, 5) is 2.25. The Morgan fingerprint density at radius 2 is 1.94 bits per heavy atom. The maximum absolute atomic E-state index is 5.48. The van der Waals surface area contributed by atoms with Crippen LogP contribution in [-0.2, 0) is 6.54 Å². The Balaban J connectivity index is 2.81. The van der Waals surface area contributed by atoms with E-state index in [9.17, 15) is 0 Å². The number of methoxy groups -OCH3 is 1. The summed E-state index contributed by atoms with van der Waals surface area (Å²) in [6.07, 6.45) is 0. The summed E-state index contributed by atoms with van der Waals surface area (Å²) in [5.41, 5.74) is 1.24. The van der Waals surface area contributed by atoms with Gasteiger partial charge in [0.15, 0.2) is 11.5 Å². The highest BCUT2D eigenvalue weighted by Crippen LogP contribution is 2.28. The van der Waals surface area contributed by atoms with Crippen LogP contribution in [0.3, 0.4) is 0 Å². The lowest BCUT2D eigenvalue weighted by Gasteiger charge is -2.15. The summed E-state index contributed by atoms with van der Waals surface area (Å²) in [5, 5.41) is 0. The molecule has 1 rings (SSSR count). The first-order valence-corrected chi connectivity index (χ1v) is 5.69. The molecule has 3 nitrogen and oxygen atoms in total. The van der Waals surface area contributed by atoms with Crippen LogP contribution in [0.2, 0.25) is 0 Å². The molecule has 0 radical (unpaired) electrons. The molecule has 0 aromatic heterocycles. The molecule has 0 atom stereocenters. The second-order valence-electron chi connectivity index (χ2n) is 3.75. The van der Waals surface area contributed by atoms with E-state index in [1.54, 1.807) is 7.11 Å². The van der Waals surface area contributed by atoms with E-state index >= 15 is 0 Å². The fourth-order valence-corrected chi connectivity index (χ4v) is 1.51. The summed E-state index contributed by atoms with van der Waals surface area (Å²) in [5.74, 6) is 1.62. The smallest absolute Gasteiger partial charge is 0.161 e. The molecule has 0 aliphatic heterocycles. The van der Waals surface area contributed by atoms with Crippen molar-refractivity contribution < 1.29 is 9.47 Å². The van der Waals surface area contributed by atoms with Crippen LogP contribution in [0.4, 0.5) is 0 Å². The lowest BCUT2D eigenvalue weighted by molar-refractivity contribution is 0.309. The zero-order chi connectivity index (χ0) is 12.0. The second-order valence-corrected chi connectivity index (χ2v) is 3.75.